The van der Waals surface area contributed by atoms with E-state index in [0.29, 0.717) is 36.2 Å². The maximum Gasteiger partial charge on any atom is 0.427 e. The average molecular weight is 453 g/mol. The van der Waals surface area contributed by atoms with Crippen LogP contribution in [0.4, 0.5) is 24.0 Å². The number of aromatic nitrogens is 2. The van der Waals surface area contributed by atoms with Crippen LogP contribution in [0.1, 0.15) is 36.1 Å². The molecule has 166 valence electrons. The Kier molecular flexibility index (Phi) is 6.94. The molecule has 2 N–H and O–H groups in total. The first-order valence-electron chi connectivity index (χ1n) is 9.64. The molecule has 0 bridgehead atoms. The molecule has 0 aromatic carbocycles. The van der Waals surface area contributed by atoms with Crippen LogP contribution in [0.25, 0.3) is 0 Å². The second-order valence-electron chi connectivity index (χ2n) is 7.19. The number of amides is 2. The monoisotopic (exact) mass is 453 g/mol. The van der Waals surface area contributed by atoms with Crippen LogP contribution in [0, 0.1) is 0 Å². The third-order valence-corrected chi connectivity index (χ3v) is 6.00. The Labute approximate surface area is 181 Å². The summed E-state index contributed by atoms with van der Waals surface area (Å²) in [5.74, 6) is -1.28. The van der Waals surface area contributed by atoms with Gasteiger partial charge >= 0.3 is 6.18 Å². The number of hydrogen-bond donors (Lipinski definition) is 2. The molecule has 3 rings (SSSR count). The van der Waals surface area contributed by atoms with Gasteiger partial charge < -0.3 is 15.5 Å². The topological polar surface area (TPSA) is 87.2 Å². The lowest BCUT2D eigenvalue weighted by atomic mass is 10.0. The lowest BCUT2D eigenvalue weighted by Crippen LogP contribution is -2.44. The van der Waals surface area contributed by atoms with Gasteiger partial charge in [-0.3, -0.25) is 14.6 Å². The van der Waals surface area contributed by atoms with Crippen LogP contribution in [0.3, 0.4) is 0 Å². The standard InChI is InChI=1S/C20H22F3N5O2S/c1-3-17(29)26-14-4-6-28(7-5-14)15-8-13(9-24-10-15)12(2)18(30)27-19-25-11-16(31-19)20(21,22)23/h3,8-12,14H,1,4-7H2,2H3,(H,26,29)(H,25,27,30). The molecule has 0 aliphatic carbocycles. The zero-order chi connectivity index (χ0) is 22.6. The lowest BCUT2D eigenvalue weighted by molar-refractivity contribution is -0.134. The highest BCUT2D eigenvalue weighted by molar-refractivity contribution is 7.15. The van der Waals surface area contributed by atoms with Crippen LogP contribution >= 0.6 is 11.3 Å². The van der Waals surface area contributed by atoms with Gasteiger partial charge in [0.05, 0.1) is 24.0 Å². The van der Waals surface area contributed by atoms with E-state index in [2.05, 4.69) is 32.1 Å². The van der Waals surface area contributed by atoms with Gasteiger partial charge in [-0.05, 0) is 37.5 Å². The molecule has 31 heavy (non-hydrogen) atoms. The van der Waals surface area contributed by atoms with Crippen LogP contribution in [-0.2, 0) is 15.8 Å². The zero-order valence-electron chi connectivity index (χ0n) is 16.8. The Balaban J connectivity index is 1.61. The number of carbonyl (C=O) groups is 2. The smallest absolute Gasteiger partial charge is 0.370 e. The number of rotatable bonds is 6. The van der Waals surface area contributed by atoms with E-state index in [0.717, 1.165) is 18.5 Å². The zero-order valence-corrected chi connectivity index (χ0v) is 17.6. The molecule has 2 aromatic heterocycles. The van der Waals surface area contributed by atoms with Gasteiger partial charge in [-0.15, -0.1) is 0 Å². The second-order valence-corrected chi connectivity index (χ2v) is 8.22. The van der Waals surface area contributed by atoms with Crippen LogP contribution in [0.2, 0.25) is 0 Å². The number of piperidine rings is 1. The summed E-state index contributed by atoms with van der Waals surface area (Å²) >= 11 is 0.385. The molecule has 1 saturated heterocycles. The molecule has 2 amide bonds. The number of nitrogens with one attached hydrogen (secondary N) is 2. The van der Waals surface area contributed by atoms with Crippen molar-refractivity contribution < 1.29 is 22.8 Å². The second kappa shape index (κ2) is 9.46. The molecule has 1 atom stereocenters. The fourth-order valence-corrected chi connectivity index (χ4v) is 3.91. The van der Waals surface area contributed by atoms with Crippen molar-refractivity contribution in [2.24, 2.45) is 0 Å². The first kappa shape index (κ1) is 22.7. The molecule has 7 nitrogen and oxygen atoms in total. The highest BCUT2D eigenvalue weighted by Crippen LogP contribution is 2.35. The van der Waals surface area contributed by atoms with Crippen molar-refractivity contribution in [3.63, 3.8) is 0 Å². The van der Waals surface area contributed by atoms with Gasteiger partial charge in [0.1, 0.15) is 4.88 Å². The summed E-state index contributed by atoms with van der Waals surface area (Å²) in [4.78, 5) is 33.1. The number of alkyl halides is 3. The van der Waals surface area contributed by atoms with Crippen molar-refractivity contribution in [2.45, 2.75) is 37.9 Å². The summed E-state index contributed by atoms with van der Waals surface area (Å²) in [5, 5.41) is 5.23. The van der Waals surface area contributed by atoms with Crippen LogP contribution in [-0.4, -0.2) is 40.9 Å². The van der Waals surface area contributed by atoms with E-state index >= 15 is 0 Å². The van der Waals surface area contributed by atoms with E-state index in [-0.39, 0.29) is 17.1 Å². The Hall–Kier alpha value is -2.95. The molecule has 1 unspecified atom stereocenters. The number of pyridine rings is 1. The summed E-state index contributed by atoms with van der Waals surface area (Å²) in [6.07, 6.45) is 2.26. The summed E-state index contributed by atoms with van der Waals surface area (Å²) in [6.45, 7) is 6.54. The number of halogens is 3. The minimum atomic E-state index is -4.49. The van der Waals surface area contributed by atoms with Gasteiger partial charge in [0.2, 0.25) is 11.8 Å². The molecule has 0 radical (unpaired) electrons. The average Bonchev–Trinajstić information content (AvgIpc) is 3.23. The van der Waals surface area contributed by atoms with Gasteiger partial charge in [0.15, 0.2) is 5.13 Å². The Morgan fingerprint density at radius 1 is 1.29 bits per heavy atom. The fourth-order valence-electron chi connectivity index (χ4n) is 3.22. The minimum absolute atomic E-state index is 0.0856. The van der Waals surface area contributed by atoms with Crippen molar-refractivity contribution in [3.8, 4) is 0 Å². The van der Waals surface area contributed by atoms with Crippen LogP contribution in [0.15, 0.2) is 37.3 Å². The Morgan fingerprint density at radius 2 is 2.00 bits per heavy atom. The summed E-state index contributed by atoms with van der Waals surface area (Å²) in [6, 6.07) is 1.94. The fraction of sp³-hybridized carbons (Fsp3) is 0.400. The van der Waals surface area contributed by atoms with Gasteiger partial charge in [0, 0.05) is 25.3 Å². The number of thiazole rings is 1. The third kappa shape index (κ3) is 5.81. The Bertz CT molecular complexity index is 954. The first-order chi connectivity index (χ1) is 14.7. The lowest BCUT2D eigenvalue weighted by Gasteiger charge is -2.33. The van der Waals surface area contributed by atoms with E-state index in [1.54, 1.807) is 19.3 Å². The van der Waals surface area contributed by atoms with E-state index in [1.807, 2.05) is 6.07 Å². The quantitative estimate of drug-likeness (QED) is 0.653. The van der Waals surface area contributed by atoms with Crippen molar-refractivity contribution >= 4 is 34.0 Å². The van der Waals surface area contributed by atoms with Gasteiger partial charge in [-0.25, -0.2) is 4.98 Å². The van der Waals surface area contributed by atoms with Crippen molar-refractivity contribution in [1.29, 1.82) is 0 Å². The predicted molar refractivity (Wildman–Crippen MR) is 112 cm³/mol. The van der Waals surface area contributed by atoms with Gasteiger partial charge in [-0.2, -0.15) is 13.2 Å². The number of hydrogen-bond acceptors (Lipinski definition) is 6. The minimum Gasteiger partial charge on any atom is -0.370 e. The molecule has 1 aliphatic rings. The Morgan fingerprint density at radius 3 is 2.61 bits per heavy atom. The highest BCUT2D eigenvalue weighted by Gasteiger charge is 2.33. The third-order valence-electron chi connectivity index (χ3n) is 5.05. The summed E-state index contributed by atoms with van der Waals surface area (Å²) in [5.41, 5.74) is 1.49. The molecule has 1 aliphatic heterocycles. The summed E-state index contributed by atoms with van der Waals surface area (Å²) in [7, 11) is 0. The van der Waals surface area contributed by atoms with Crippen molar-refractivity contribution in [2.75, 3.05) is 23.3 Å². The van der Waals surface area contributed by atoms with Gasteiger partial charge in [-0.1, -0.05) is 17.9 Å². The molecular formula is C20H22F3N5O2S. The number of anilines is 2. The van der Waals surface area contributed by atoms with Crippen LogP contribution < -0.4 is 15.5 Å². The van der Waals surface area contributed by atoms with E-state index < -0.39 is 22.9 Å². The van der Waals surface area contributed by atoms with E-state index in [9.17, 15) is 22.8 Å². The molecule has 2 aromatic rings. The number of carbonyl (C=O) groups excluding carboxylic acids is 2. The maximum absolute atomic E-state index is 12.7. The van der Waals surface area contributed by atoms with Crippen LogP contribution in [0.5, 0.6) is 0 Å². The largest absolute Gasteiger partial charge is 0.427 e. The van der Waals surface area contributed by atoms with Crippen molar-refractivity contribution in [1.82, 2.24) is 15.3 Å². The maximum atomic E-state index is 12.7. The van der Waals surface area contributed by atoms with Crippen molar-refractivity contribution in [3.05, 3.63) is 47.8 Å². The first-order valence-corrected chi connectivity index (χ1v) is 10.5. The predicted octanol–water partition coefficient (Wildman–Crippen LogP) is 3.57. The van der Waals surface area contributed by atoms with E-state index in [1.165, 1.54) is 6.08 Å². The molecule has 0 saturated carbocycles. The molecule has 11 heteroatoms. The molecular weight excluding hydrogens is 431 g/mol. The normalized spacial score (nSPS) is 15.9. The highest BCUT2D eigenvalue weighted by atomic mass is 32.1. The molecule has 1 fully saturated rings. The molecule has 0 spiro atoms. The SMILES string of the molecule is C=CC(=O)NC1CCN(c2cncc(C(C)C(=O)Nc3ncc(C(F)(F)F)s3)c2)CC1. The van der Waals surface area contributed by atoms with Gasteiger partial charge in [0.25, 0.3) is 0 Å². The van der Waals surface area contributed by atoms with E-state index in [4.69, 9.17) is 0 Å². The number of nitrogens with zero attached hydrogens (tertiary/aromatic N) is 3. The summed E-state index contributed by atoms with van der Waals surface area (Å²) < 4.78 is 38.1. The molecule has 3 heterocycles.